The molecule has 27 heavy (non-hydrogen) atoms. The zero-order chi connectivity index (χ0) is 20.0. The summed E-state index contributed by atoms with van der Waals surface area (Å²) >= 11 is 5.87. The van der Waals surface area contributed by atoms with Crippen molar-refractivity contribution in [2.75, 3.05) is 0 Å². The van der Waals surface area contributed by atoms with Crippen LogP contribution in [0.1, 0.15) is 23.6 Å². The van der Waals surface area contributed by atoms with Crippen LogP contribution in [-0.4, -0.2) is 17.9 Å². The molecule has 0 heterocycles. The first-order valence-corrected chi connectivity index (χ1v) is 8.62. The molecule has 0 radical (unpaired) electrons. The maximum absolute atomic E-state index is 13.6. The van der Waals surface area contributed by atoms with Gasteiger partial charge in [0.15, 0.2) is 6.10 Å². The minimum absolute atomic E-state index is 0.0901. The Morgan fingerprint density at radius 1 is 1.15 bits per heavy atom. The molecule has 2 aromatic rings. The summed E-state index contributed by atoms with van der Waals surface area (Å²) in [6.07, 6.45) is 1.48. The van der Waals surface area contributed by atoms with Gasteiger partial charge in [-0.3, -0.25) is 20.4 Å². The van der Waals surface area contributed by atoms with E-state index >= 15 is 0 Å². The van der Waals surface area contributed by atoms with Gasteiger partial charge in [0.25, 0.3) is 11.8 Å². The molecule has 142 valence electrons. The molecule has 0 saturated heterocycles. The Morgan fingerprint density at radius 2 is 1.85 bits per heavy atom. The molecule has 0 unspecified atom stereocenters. The lowest BCUT2D eigenvalue weighted by Gasteiger charge is -2.17. The van der Waals surface area contributed by atoms with Gasteiger partial charge in [-0.1, -0.05) is 29.8 Å². The average molecular weight is 391 g/mol. The van der Waals surface area contributed by atoms with Gasteiger partial charge in [-0.05, 0) is 56.2 Å². The highest BCUT2D eigenvalue weighted by Crippen LogP contribution is 2.22. The fraction of sp³-hybridized carbons (Fsp3) is 0.200. The molecule has 0 saturated carbocycles. The maximum Gasteiger partial charge on any atom is 0.279 e. The number of carbonyl (C=O) groups is 2. The monoisotopic (exact) mass is 390 g/mol. The van der Waals surface area contributed by atoms with Crippen molar-refractivity contribution in [3.8, 4) is 5.75 Å². The maximum atomic E-state index is 13.6. The number of hydrogen-bond acceptors (Lipinski definition) is 3. The number of nitrogens with one attached hydrogen (secondary N) is 2. The van der Waals surface area contributed by atoms with E-state index in [1.54, 1.807) is 13.0 Å². The van der Waals surface area contributed by atoms with E-state index in [1.165, 1.54) is 24.3 Å². The fourth-order valence-corrected chi connectivity index (χ4v) is 2.42. The topological polar surface area (TPSA) is 67.4 Å². The smallest absolute Gasteiger partial charge is 0.279 e. The Hall–Kier alpha value is -2.86. The molecule has 2 N–H and O–H groups in total. The number of halogens is 2. The number of hydrogen-bond donors (Lipinski definition) is 2. The largest absolute Gasteiger partial charge is 0.481 e. The predicted octanol–water partition coefficient (Wildman–Crippen LogP) is 3.72. The van der Waals surface area contributed by atoms with Gasteiger partial charge in [-0.2, -0.15) is 0 Å². The lowest BCUT2D eigenvalue weighted by Crippen LogP contribution is -2.46. The van der Waals surface area contributed by atoms with Gasteiger partial charge in [-0.15, -0.1) is 0 Å². The molecule has 0 spiro atoms. The number of aryl methyl sites for hydroxylation is 1. The molecular weight excluding hydrogens is 371 g/mol. The second kappa shape index (κ2) is 9.19. The van der Waals surface area contributed by atoms with Gasteiger partial charge >= 0.3 is 0 Å². The van der Waals surface area contributed by atoms with Crippen LogP contribution < -0.4 is 15.6 Å². The molecule has 0 aliphatic carbocycles. The first-order valence-electron chi connectivity index (χ1n) is 8.24. The van der Waals surface area contributed by atoms with Gasteiger partial charge < -0.3 is 4.74 Å². The third kappa shape index (κ3) is 5.56. The average Bonchev–Trinajstić information content (AvgIpc) is 2.63. The highest BCUT2D eigenvalue weighted by molar-refractivity contribution is 6.32. The molecule has 0 fully saturated rings. The van der Waals surface area contributed by atoms with E-state index in [9.17, 15) is 14.0 Å². The van der Waals surface area contributed by atoms with Crippen molar-refractivity contribution < 1.29 is 18.7 Å². The van der Waals surface area contributed by atoms with E-state index in [0.29, 0.717) is 5.75 Å². The molecule has 0 aliphatic rings. The molecule has 0 bridgehead atoms. The molecule has 2 aromatic carbocycles. The Labute approximate surface area is 162 Å². The molecule has 5 nitrogen and oxygen atoms in total. The zero-order valence-electron chi connectivity index (χ0n) is 15.2. The van der Waals surface area contributed by atoms with E-state index in [2.05, 4.69) is 10.9 Å². The number of carbonyl (C=O) groups excluding carboxylic acids is 2. The quantitative estimate of drug-likeness (QED) is 0.604. The van der Waals surface area contributed by atoms with E-state index in [0.717, 1.165) is 17.2 Å². The molecule has 2 rings (SSSR count). The summed E-state index contributed by atoms with van der Waals surface area (Å²) in [4.78, 5) is 23.9. The summed E-state index contributed by atoms with van der Waals surface area (Å²) in [5.41, 5.74) is 6.55. The number of hydrazine groups is 1. The van der Waals surface area contributed by atoms with Crippen molar-refractivity contribution in [2.45, 2.75) is 26.9 Å². The Morgan fingerprint density at radius 3 is 2.56 bits per heavy atom. The summed E-state index contributed by atoms with van der Waals surface area (Å²) in [7, 11) is 0. The summed E-state index contributed by atoms with van der Waals surface area (Å²) in [5, 5.41) is 0.179. The highest BCUT2D eigenvalue weighted by atomic mass is 35.5. The summed E-state index contributed by atoms with van der Waals surface area (Å²) in [6, 6.07) is 9.76. The van der Waals surface area contributed by atoms with Crippen LogP contribution in [0.15, 0.2) is 42.5 Å². The third-order valence-electron chi connectivity index (χ3n) is 3.94. The molecular formula is C20H20ClFN2O3. The van der Waals surface area contributed by atoms with Crippen LogP contribution in [0.4, 0.5) is 4.39 Å². The predicted molar refractivity (Wildman–Crippen MR) is 103 cm³/mol. The van der Waals surface area contributed by atoms with Crippen molar-refractivity contribution >= 4 is 29.5 Å². The van der Waals surface area contributed by atoms with Gasteiger partial charge in [0.2, 0.25) is 0 Å². The zero-order valence-corrected chi connectivity index (χ0v) is 15.9. The van der Waals surface area contributed by atoms with E-state index in [4.69, 9.17) is 16.3 Å². The SMILES string of the molecule is Cc1cccc(O[C@H](C)C(=O)NNC(=O)/C=C/c2c(F)cccc2Cl)c1C. The van der Waals surface area contributed by atoms with E-state index in [-0.39, 0.29) is 10.6 Å². The first kappa shape index (κ1) is 20.5. The molecule has 1 atom stereocenters. The minimum Gasteiger partial charge on any atom is -0.481 e. The van der Waals surface area contributed by atoms with Crippen LogP contribution in [0, 0.1) is 19.7 Å². The van der Waals surface area contributed by atoms with Crippen LogP contribution in [-0.2, 0) is 9.59 Å². The molecule has 0 aromatic heterocycles. The van der Waals surface area contributed by atoms with Gasteiger partial charge in [-0.25, -0.2) is 4.39 Å². The summed E-state index contributed by atoms with van der Waals surface area (Å²) < 4.78 is 19.3. The molecule has 7 heteroatoms. The van der Waals surface area contributed by atoms with Crippen molar-refractivity contribution in [3.63, 3.8) is 0 Å². The second-order valence-electron chi connectivity index (χ2n) is 5.91. The number of ether oxygens (including phenoxy) is 1. The normalized spacial score (nSPS) is 11.9. The summed E-state index contributed by atoms with van der Waals surface area (Å²) in [5.74, 6) is -1.12. The highest BCUT2D eigenvalue weighted by Gasteiger charge is 2.16. The van der Waals surface area contributed by atoms with Crippen LogP contribution in [0.25, 0.3) is 6.08 Å². The fourth-order valence-electron chi connectivity index (χ4n) is 2.19. The third-order valence-corrected chi connectivity index (χ3v) is 4.27. The Balaban J connectivity index is 1.90. The van der Waals surface area contributed by atoms with Crippen molar-refractivity contribution in [3.05, 3.63) is 70.0 Å². The van der Waals surface area contributed by atoms with Crippen molar-refractivity contribution in [1.82, 2.24) is 10.9 Å². The van der Waals surface area contributed by atoms with Crippen LogP contribution in [0.3, 0.4) is 0 Å². The lowest BCUT2D eigenvalue weighted by molar-refractivity contribution is -0.131. The van der Waals surface area contributed by atoms with Gasteiger partial charge in [0.1, 0.15) is 11.6 Å². The van der Waals surface area contributed by atoms with Crippen molar-refractivity contribution in [2.24, 2.45) is 0 Å². The lowest BCUT2D eigenvalue weighted by atomic mass is 10.1. The standard InChI is InChI=1S/C20H20ClFN2O3/c1-12-6-4-9-18(13(12)2)27-14(3)20(26)24-23-19(25)11-10-15-16(21)7-5-8-17(15)22/h4-11,14H,1-3H3,(H,23,25)(H,24,26)/b11-10+/t14-/m1/s1. The van der Waals surface area contributed by atoms with Gasteiger partial charge in [0.05, 0.1) is 5.02 Å². The first-order chi connectivity index (χ1) is 12.8. The number of amides is 2. The van der Waals surface area contributed by atoms with Gasteiger partial charge in [0, 0.05) is 11.6 Å². The Bertz CT molecular complexity index is 863. The van der Waals surface area contributed by atoms with Crippen LogP contribution in [0.2, 0.25) is 5.02 Å². The van der Waals surface area contributed by atoms with E-state index in [1.807, 2.05) is 26.0 Å². The van der Waals surface area contributed by atoms with Crippen LogP contribution in [0.5, 0.6) is 5.75 Å². The molecule has 2 amide bonds. The summed E-state index contributed by atoms with van der Waals surface area (Å²) in [6.45, 7) is 5.41. The molecule has 0 aliphatic heterocycles. The van der Waals surface area contributed by atoms with Crippen molar-refractivity contribution in [1.29, 1.82) is 0 Å². The number of rotatable bonds is 5. The number of benzene rings is 2. The second-order valence-corrected chi connectivity index (χ2v) is 6.31. The Kier molecular flexibility index (Phi) is 6.96. The van der Waals surface area contributed by atoms with Crippen LogP contribution >= 0.6 is 11.6 Å². The van der Waals surface area contributed by atoms with E-state index < -0.39 is 23.7 Å². The minimum atomic E-state index is -0.823.